The number of anilines is 1. The van der Waals surface area contributed by atoms with Crippen molar-refractivity contribution < 1.29 is 0 Å². The first-order valence-corrected chi connectivity index (χ1v) is 8.41. The van der Waals surface area contributed by atoms with Gasteiger partial charge in [-0.05, 0) is 18.7 Å². The van der Waals surface area contributed by atoms with E-state index in [1.165, 1.54) is 11.1 Å². The number of halogens is 1. The monoisotopic (exact) mass is 345 g/mol. The van der Waals surface area contributed by atoms with Crippen LogP contribution >= 0.6 is 15.9 Å². The summed E-state index contributed by atoms with van der Waals surface area (Å²) >= 11 is 3.59. The first kappa shape index (κ1) is 14.5. The molecule has 0 saturated carbocycles. The third-order valence-electron chi connectivity index (χ3n) is 4.05. The highest BCUT2D eigenvalue weighted by Gasteiger charge is 2.28. The van der Waals surface area contributed by atoms with E-state index < -0.39 is 0 Å². The van der Waals surface area contributed by atoms with Gasteiger partial charge in [0, 0.05) is 36.7 Å². The number of piperazine rings is 1. The average Bonchev–Trinajstić information content (AvgIpc) is 2.55. The summed E-state index contributed by atoms with van der Waals surface area (Å²) in [6, 6.07) is 15.3. The van der Waals surface area contributed by atoms with Gasteiger partial charge in [0.1, 0.15) is 5.82 Å². The van der Waals surface area contributed by atoms with Crippen LogP contribution in [-0.4, -0.2) is 36.6 Å². The third-order valence-corrected chi connectivity index (χ3v) is 4.66. The number of hydrogen-bond acceptors (Lipinski definition) is 3. The highest BCUT2D eigenvalue weighted by Crippen LogP contribution is 2.31. The number of benzene rings is 1. The van der Waals surface area contributed by atoms with Gasteiger partial charge in [0.05, 0.1) is 6.04 Å². The van der Waals surface area contributed by atoms with Crippen LogP contribution in [0.25, 0.3) is 0 Å². The van der Waals surface area contributed by atoms with Gasteiger partial charge in [-0.1, -0.05) is 52.3 Å². The van der Waals surface area contributed by atoms with Crippen LogP contribution in [0.3, 0.4) is 0 Å². The first-order valence-electron chi connectivity index (χ1n) is 7.29. The minimum absolute atomic E-state index is 0.359. The van der Waals surface area contributed by atoms with E-state index in [1.807, 2.05) is 12.3 Å². The van der Waals surface area contributed by atoms with Crippen molar-refractivity contribution in [2.75, 3.05) is 31.6 Å². The molecular formula is C17H20BrN3. The molecule has 2 aromatic rings. The normalized spacial score (nSPS) is 19.7. The average molecular weight is 346 g/mol. The number of pyridine rings is 1. The van der Waals surface area contributed by atoms with E-state index in [0.29, 0.717) is 6.04 Å². The van der Waals surface area contributed by atoms with Crippen molar-refractivity contribution in [2.24, 2.45) is 0 Å². The lowest BCUT2D eigenvalue weighted by Gasteiger charge is -2.41. The van der Waals surface area contributed by atoms with E-state index >= 15 is 0 Å². The number of nitrogens with zero attached hydrogens (tertiary/aromatic N) is 3. The van der Waals surface area contributed by atoms with Gasteiger partial charge in [-0.3, -0.25) is 0 Å². The lowest BCUT2D eigenvalue weighted by molar-refractivity contribution is 0.268. The summed E-state index contributed by atoms with van der Waals surface area (Å²) in [6.45, 7) is 3.11. The van der Waals surface area contributed by atoms with E-state index in [0.717, 1.165) is 30.8 Å². The summed E-state index contributed by atoms with van der Waals surface area (Å²) in [5, 5.41) is 0.837. The fourth-order valence-corrected chi connectivity index (χ4v) is 3.36. The van der Waals surface area contributed by atoms with Gasteiger partial charge in [-0.25, -0.2) is 4.98 Å². The molecule has 1 fully saturated rings. The Hall–Kier alpha value is -1.39. The smallest absolute Gasteiger partial charge is 0.133 e. The Morgan fingerprint density at radius 2 is 1.95 bits per heavy atom. The zero-order valence-corrected chi connectivity index (χ0v) is 13.8. The highest BCUT2D eigenvalue weighted by molar-refractivity contribution is 9.08. The largest absolute Gasteiger partial charge is 0.347 e. The second kappa shape index (κ2) is 6.58. The molecule has 3 rings (SSSR count). The van der Waals surface area contributed by atoms with E-state index in [9.17, 15) is 0 Å². The Morgan fingerprint density at radius 1 is 1.14 bits per heavy atom. The summed E-state index contributed by atoms with van der Waals surface area (Å²) < 4.78 is 0. The van der Waals surface area contributed by atoms with E-state index in [1.54, 1.807) is 0 Å². The van der Waals surface area contributed by atoms with Crippen molar-refractivity contribution in [3.63, 3.8) is 0 Å². The predicted molar refractivity (Wildman–Crippen MR) is 90.9 cm³/mol. The molecule has 1 saturated heterocycles. The SMILES string of the molecule is CN1CCN(c2ncccc2CBr)C(c2ccccc2)C1. The van der Waals surface area contributed by atoms with Crippen LogP contribution in [0.1, 0.15) is 17.2 Å². The molecule has 3 nitrogen and oxygen atoms in total. The number of alkyl halides is 1. The maximum atomic E-state index is 4.65. The van der Waals surface area contributed by atoms with Gasteiger partial charge in [0.15, 0.2) is 0 Å². The van der Waals surface area contributed by atoms with Crippen molar-refractivity contribution in [3.8, 4) is 0 Å². The third kappa shape index (κ3) is 3.11. The zero-order valence-electron chi connectivity index (χ0n) is 12.2. The van der Waals surface area contributed by atoms with Crippen molar-refractivity contribution in [2.45, 2.75) is 11.4 Å². The summed E-state index contributed by atoms with van der Waals surface area (Å²) in [5.74, 6) is 1.11. The van der Waals surface area contributed by atoms with Crippen molar-refractivity contribution in [1.29, 1.82) is 0 Å². The molecule has 0 N–H and O–H groups in total. The summed E-state index contributed by atoms with van der Waals surface area (Å²) in [4.78, 5) is 9.50. The molecule has 110 valence electrons. The molecule has 1 aliphatic rings. The molecule has 2 heterocycles. The Labute approximate surface area is 134 Å². The standard InChI is InChI=1S/C17H20BrN3/c1-20-10-11-21(17-15(12-18)8-5-9-19-17)16(13-20)14-6-3-2-4-7-14/h2-9,16H,10-13H2,1H3. The van der Waals surface area contributed by atoms with Crippen LogP contribution in [0.5, 0.6) is 0 Å². The molecule has 0 amide bonds. The molecule has 4 heteroatoms. The number of likely N-dealkylation sites (N-methyl/N-ethyl adjacent to an activating group) is 1. The molecule has 0 aliphatic carbocycles. The van der Waals surface area contributed by atoms with Crippen LogP contribution in [0.15, 0.2) is 48.7 Å². The van der Waals surface area contributed by atoms with Crippen molar-refractivity contribution >= 4 is 21.7 Å². The number of aromatic nitrogens is 1. The summed E-state index contributed by atoms with van der Waals surface area (Å²) in [6.07, 6.45) is 1.89. The zero-order chi connectivity index (χ0) is 14.7. The van der Waals surface area contributed by atoms with Crippen LogP contribution in [-0.2, 0) is 5.33 Å². The number of rotatable bonds is 3. The Morgan fingerprint density at radius 3 is 2.71 bits per heavy atom. The quantitative estimate of drug-likeness (QED) is 0.794. The first-order chi connectivity index (χ1) is 10.3. The second-order valence-electron chi connectivity index (χ2n) is 5.50. The van der Waals surface area contributed by atoms with Crippen LogP contribution in [0.4, 0.5) is 5.82 Å². The Bertz CT molecular complexity index is 588. The van der Waals surface area contributed by atoms with Gasteiger partial charge >= 0.3 is 0 Å². The van der Waals surface area contributed by atoms with E-state index in [-0.39, 0.29) is 0 Å². The van der Waals surface area contributed by atoms with Gasteiger partial charge in [0.25, 0.3) is 0 Å². The highest BCUT2D eigenvalue weighted by atomic mass is 79.9. The van der Waals surface area contributed by atoms with Gasteiger partial charge < -0.3 is 9.80 Å². The molecule has 0 bridgehead atoms. The van der Waals surface area contributed by atoms with E-state index in [4.69, 9.17) is 0 Å². The molecule has 1 atom stereocenters. The number of hydrogen-bond donors (Lipinski definition) is 0. The van der Waals surface area contributed by atoms with Crippen molar-refractivity contribution in [3.05, 3.63) is 59.8 Å². The molecule has 1 aliphatic heterocycles. The summed E-state index contributed by atoms with van der Waals surface area (Å²) in [7, 11) is 2.19. The molecule has 1 aromatic heterocycles. The van der Waals surface area contributed by atoms with Crippen LogP contribution in [0, 0.1) is 0 Å². The van der Waals surface area contributed by atoms with Gasteiger partial charge in [-0.15, -0.1) is 0 Å². The second-order valence-corrected chi connectivity index (χ2v) is 6.06. The van der Waals surface area contributed by atoms with E-state index in [2.05, 4.69) is 74.2 Å². The molecule has 0 radical (unpaired) electrons. The van der Waals surface area contributed by atoms with Gasteiger partial charge in [-0.2, -0.15) is 0 Å². The minimum atomic E-state index is 0.359. The Balaban J connectivity index is 1.98. The fraction of sp³-hybridized carbons (Fsp3) is 0.353. The lowest BCUT2D eigenvalue weighted by atomic mass is 10.0. The Kier molecular flexibility index (Phi) is 4.56. The van der Waals surface area contributed by atoms with Crippen LogP contribution < -0.4 is 4.90 Å². The minimum Gasteiger partial charge on any atom is -0.347 e. The molecule has 21 heavy (non-hydrogen) atoms. The fourth-order valence-electron chi connectivity index (χ4n) is 2.93. The maximum Gasteiger partial charge on any atom is 0.133 e. The molecule has 1 aromatic carbocycles. The predicted octanol–water partition coefficient (Wildman–Crippen LogP) is 3.47. The van der Waals surface area contributed by atoms with Gasteiger partial charge in [0.2, 0.25) is 0 Å². The molecule has 1 unspecified atom stereocenters. The lowest BCUT2D eigenvalue weighted by Crippen LogP contribution is -2.47. The van der Waals surface area contributed by atoms with Crippen LogP contribution in [0.2, 0.25) is 0 Å². The topological polar surface area (TPSA) is 19.4 Å². The summed E-state index contributed by atoms with van der Waals surface area (Å²) in [5.41, 5.74) is 2.61. The molecular weight excluding hydrogens is 326 g/mol. The maximum absolute atomic E-state index is 4.65. The van der Waals surface area contributed by atoms with Crippen molar-refractivity contribution in [1.82, 2.24) is 9.88 Å². The molecule has 0 spiro atoms.